The van der Waals surface area contributed by atoms with Crippen molar-refractivity contribution < 1.29 is 13.2 Å². The van der Waals surface area contributed by atoms with Crippen LogP contribution in [0, 0.1) is 0 Å². The van der Waals surface area contributed by atoms with Gasteiger partial charge in [0.1, 0.15) is 0 Å². The van der Waals surface area contributed by atoms with Crippen LogP contribution in [-0.4, -0.2) is 28.1 Å². The minimum atomic E-state index is -4.41. The van der Waals surface area contributed by atoms with Crippen LogP contribution in [0.25, 0.3) is 0 Å². The Morgan fingerprint density at radius 2 is 2.00 bits per heavy atom. The summed E-state index contributed by atoms with van der Waals surface area (Å²) in [6.07, 6.45) is -4.41. The predicted molar refractivity (Wildman–Crippen MR) is 61.2 cm³/mol. The second-order valence-corrected chi connectivity index (χ2v) is 5.11. The summed E-state index contributed by atoms with van der Waals surface area (Å²) in [6, 6.07) is 0.0894. The fourth-order valence-electron chi connectivity index (χ4n) is 1.11. The third-order valence-corrected chi connectivity index (χ3v) is 3.21. The lowest BCUT2D eigenvalue weighted by Crippen LogP contribution is -2.32. The number of halogens is 4. The summed E-state index contributed by atoms with van der Waals surface area (Å²) in [5.41, 5.74) is 0. The number of aromatic nitrogens is 2. The summed E-state index contributed by atoms with van der Waals surface area (Å²) in [7, 11) is 0. The van der Waals surface area contributed by atoms with Crippen LogP contribution >= 0.6 is 27.3 Å². The molecule has 0 atom stereocenters. The van der Waals surface area contributed by atoms with E-state index in [0.717, 1.165) is 0 Å². The van der Waals surface area contributed by atoms with E-state index in [1.807, 2.05) is 13.8 Å². The molecule has 0 aromatic carbocycles. The minimum Gasteiger partial charge on any atom is -0.343 e. The van der Waals surface area contributed by atoms with Crippen LogP contribution in [-0.2, 0) is 6.18 Å². The monoisotopic (exact) mass is 317 g/mol. The van der Waals surface area contributed by atoms with Gasteiger partial charge in [0.25, 0.3) is 0 Å². The highest BCUT2D eigenvalue weighted by atomic mass is 79.9. The molecule has 0 amide bonds. The molecule has 0 bridgehead atoms. The highest BCUT2D eigenvalue weighted by Gasteiger charge is 2.36. The van der Waals surface area contributed by atoms with Gasteiger partial charge in [-0.15, -0.1) is 10.2 Å². The zero-order chi connectivity index (χ0) is 12.3. The van der Waals surface area contributed by atoms with Crippen LogP contribution in [0.3, 0.4) is 0 Å². The number of hydrogen-bond donors (Lipinski definition) is 0. The van der Waals surface area contributed by atoms with Crippen LogP contribution in [0.2, 0.25) is 0 Å². The van der Waals surface area contributed by atoms with Gasteiger partial charge in [-0.1, -0.05) is 27.3 Å². The Labute approximate surface area is 104 Å². The van der Waals surface area contributed by atoms with Gasteiger partial charge < -0.3 is 4.90 Å². The van der Waals surface area contributed by atoms with Crippen molar-refractivity contribution in [1.82, 2.24) is 10.2 Å². The average molecular weight is 318 g/mol. The van der Waals surface area contributed by atoms with Crippen molar-refractivity contribution >= 4 is 32.4 Å². The fraction of sp³-hybridized carbons (Fsp3) is 0.750. The van der Waals surface area contributed by atoms with Crippen molar-refractivity contribution in [2.24, 2.45) is 0 Å². The normalized spacial score (nSPS) is 12.2. The van der Waals surface area contributed by atoms with Crippen molar-refractivity contribution in [3.8, 4) is 0 Å². The molecule has 0 N–H and O–H groups in total. The first-order chi connectivity index (χ1) is 7.36. The van der Waals surface area contributed by atoms with Crippen molar-refractivity contribution in [3.63, 3.8) is 0 Å². The molecule has 0 saturated heterocycles. The van der Waals surface area contributed by atoms with Gasteiger partial charge in [0.05, 0.1) is 0 Å². The molecule has 1 heterocycles. The SMILES string of the molecule is CC(C)N(CCBr)c1nnc(C(F)(F)F)s1. The Kier molecular flexibility index (Phi) is 4.54. The van der Waals surface area contributed by atoms with E-state index in [9.17, 15) is 13.2 Å². The average Bonchev–Trinajstić information content (AvgIpc) is 2.61. The zero-order valence-electron chi connectivity index (χ0n) is 8.75. The first kappa shape index (κ1) is 13.7. The molecule has 0 fully saturated rings. The lowest BCUT2D eigenvalue weighted by atomic mass is 10.3. The smallest absolute Gasteiger partial charge is 0.343 e. The van der Waals surface area contributed by atoms with Gasteiger partial charge in [-0.25, -0.2) is 0 Å². The van der Waals surface area contributed by atoms with Crippen LogP contribution in [0.4, 0.5) is 18.3 Å². The molecule has 0 saturated carbocycles. The van der Waals surface area contributed by atoms with E-state index >= 15 is 0 Å². The third kappa shape index (κ3) is 3.31. The Morgan fingerprint density at radius 1 is 1.38 bits per heavy atom. The van der Waals surface area contributed by atoms with E-state index in [2.05, 4.69) is 26.1 Å². The molecule has 0 unspecified atom stereocenters. The number of hydrogen-bond acceptors (Lipinski definition) is 4. The van der Waals surface area contributed by atoms with E-state index in [0.29, 0.717) is 28.3 Å². The molecule has 0 aliphatic carbocycles. The summed E-state index contributed by atoms with van der Waals surface area (Å²) in [6.45, 7) is 4.40. The molecule has 1 aromatic rings. The molecule has 92 valence electrons. The number of rotatable bonds is 4. The topological polar surface area (TPSA) is 29.0 Å². The van der Waals surface area contributed by atoms with Gasteiger partial charge in [-0.3, -0.25) is 0 Å². The molecule has 1 rings (SSSR count). The first-order valence-corrected chi connectivity index (χ1v) is 6.53. The van der Waals surface area contributed by atoms with Crippen molar-refractivity contribution in [3.05, 3.63) is 5.01 Å². The Morgan fingerprint density at radius 3 is 2.38 bits per heavy atom. The molecule has 8 heteroatoms. The van der Waals surface area contributed by atoms with Gasteiger partial charge in [0.2, 0.25) is 10.1 Å². The van der Waals surface area contributed by atoms with Gasteiger partial charge in [-0.05, 0) is 13.8 Å². The molecule has 0 spiro atoms. The molecular weight excluding hydrogens is 307 g/mol. The molecule has 0 aliphatic heterocycles. The maximum absolute atomic E-state index is 12.3. The van der Waals surface area contributed by atoms with E-state index in [1.54, 1.807) is 4.90 Å². The Hall–Kier alpha value is -0.370. The van der Waals surface area contributed by atoms with Crippen LogP contribution in [0.15, 0.2) is 0 Å². The van der Waals surface area contributed by atoms with Crippen LogP contribution in [0.1, 0.15) is 18.9 Å². The summed E-state index contributed by atoms with van der Waals surface area (Å²) in [4.78, 5) is 1.78. The second-order valence-electron chi connectivity index (χ2n) is 3.36. The summed E-state index contributed by atoms with van der Waals surface area (Å²) in [5, 5.41) is 6.82. The molecule has 16 heavy (non-hydrogen) atoms. The maximum Gasteiger partial charge on any atom is 0.445 e. The minimum absolute atomic E-state index is 0.0894. The van der Waals surface area contributed by atoms with E-state index < -0.39 is 11.2 Å². The van der Waals surface area contributed by atoms with Gasteiger partial charge in [0.15, 0.2) is 0 Å². The highest BCUT2D eigenvalue weighted by Crippen LogP contribution is 2.34. The van der Waals surface area contributed by atoms with Crippen molar-refractivity contribution in [1.29, 1.82) is 0 Å². The van der Waals surface area contributed by atoms with Crippen LogP contribution < -0.4 is 4.90 Å². The quantitative estimate of drug-likeness (QED) is 0.799. The van der Waals surface area contributed by atoms with Crippen LogP contribution in [0.5, 0.6) is 0 Å². The summed E-state index contributed by atoms with van der Waals surface area (Å²) >= 11 is 3.83. The van der Waals surface area contributed by atoms with Gasteiger partial charge in [-0.2, -0.15) is 13.2 Å². The Bertz CT molecular complexity index is 340. The molecule has 1 aromatic heterocycles. The van der Waals surface area contributed by atoms with E-state index in [1.165, 1.54) is 0 Å². The Balaban J connectivity index is 2.90. The zero-order valence-corrected chi connectivity index (χ0v) is 11.2. The largest absolute Gasteiger partial charge is 0.445 e. The number of nitrogens with zero attached hydrogens (tertiary/aromatic N) is 3. The maximum atomic E-state index is 12.3. The standard InChI is InChI=1S/C8H11BrF3N3S/c1-5(2)15(4-3-9)7-14-13-6(16-7)8(10,11)12/h5H,3-4H2,1-2H3. The van der Waals surface area contributed by atoms with Crippen molar-refractivity contribution in [2.45, 2.75) is 26.1 Å². The lowest BCUT2D eigenvalue weighted by molar-refractivity contribution is -0.138. The molecule has 3 nitrogen and oxygen atoms in total. The van der Waals surface area contributed by atoms with Gasteiger partial charge in [0, 0.05) is 17.9 Å². The first-order valence-electron chi connectivity index (χ1n) is 4.59. The molecule has 0 aliphatic rings. The highest BCUT2D eigenvalue weighted by molar-refractivity contribution is 9.09. The number of anilines is 1. The van der Waals surface area contributed by atoms with E-state index in [4.69, 9.17) is 0 Å². The van der Waals surface area contributed by atoms with Gasteiger partial charge >= 0.3 is 6.18 Å². The third-order valence-electron chi connectivity index (χ3n) is 1.85. The second kappa shape index (κ2) is 5.31. The summed E-state index contributed by atoms with van der Waals surface area (Å²) in [5.74, 6) is 0. The molecule has 0 radical (unpaired) electrons. The lowest BCUT2D eigenvalue weighted by Gasteiger charge is -2.24. The number of alkyl halides is 4. The van der Waals surface area contributed by atoms with E-state index in [-0.39, 0.29) is 6.04 Å². The van der Waals surface area contributed by atoms with Crippen molar-refractivity contribution in [2.75, 3.05) is 16.8 Å². The molecular formula is C8H11BrF3N3S. The predicted octanol–water partition coefficient (Wildman–Crippen LogP) is 3.17. The summed E-state index contributed by atoms with van der Waals surface area (Å²) < 4.78 is 37.0. The fourth-order valence-corrected chi connectivity index (χ4v) is 2.37.